The van der Waals surface area contributed by atoms with Crippen LogP contribution >= 0.6 is 0 Å². The smallest absolute Gasteiger partial charge is 0.325 e. The van der Waals surface area contributed by atoms with Crippen molar-refractivity contribution in [2.24, 2.45) is 11.7 Å². The second kappa shape index (κ2) is 4.79. The van der Waals surface area contributed by atoms with Gasteiger partial charge >= 0.3 is 11.7 Å². The van der Waals surface area contributed by atoms with Crippen molar-refractivity contribution in [1.29, 1.82) is 0 Å². The Bertz CT molecular complexity index is 589. The van der Waals surface area contributed by atoms with Gasteiger partial charge in [0, 0.05) is 0 Å². The number of rotatable bonds is 5. The molecule has 1 aliphatic rings. The summed E-state index contributed by atoms with van der Waals surface area (Å²) in [6.07, 6.45) is 0.269. The molecule has 2 rings (SSSR count). The third kappa shape index (κ3) is 2.04. The van der Waals surface area contributed by atoms with Crippen molar-refractivity contribution in [3.8, 4) is 0 Å². The molecule has 0 spiro atoms. The molecule has 0 saturated carbocycles. The zero-order chi connectivity index (χ0) is 15.0. The molecule has 0 aliphatic carbocycles. The summed E-state index contributed by atoms with van der Waals surface area (Å²) in [5.41, 5.74) is 4.49. The van der Waals surface area contributed by atoms with Gasteiger partial charge in [-0.15, -0.1) is 5.10 Å². The van der Waals surface area contributed by atoms with E-state index in [2.05, 4.69) is 5.10 Å². The zero-order valence-electron chi connectivity index (χ0n) is 10.6. The molecule has 20 heavy (non-hydrogen) atoms. The van der Waals surface area contributed by atoms with Crippen molar-refractivity contribution in [2.45, 2.75) is 13.3 Å². The molecular weight excluding hydrogens is 270 g/mol. The van der Waals surface area contributed by atoms with Gasteiger partial charge in [0.05, 0.1) is 23.9 Å². The van der Waals surface area contributed by atoms with Crippen LogP contribution in [0.2, 0.25) is 0 Å². The van der Waals surface area contributed by atoms with E-state index in [1.807, 2.05) is 0 Å². The first-order valence-corrected chi connectivity index (χ1v) is 5.90. The van der Waals surface area contributed by atoms with Gasteiger partial charge < -0.3 is 10.8 Å². The molecule has 10 nitrogen and oxygen atoms in total. The molecule has 1 aromatic rings. The predicted octanol–water partition coefficient (Wildman–Crippen LogP) is -0.895. The quantitative estimate of drug-likeness (QED) is 0.526. The number of amides is 1. The fourth-order valence-electron chi connectivity index (χ4n) is 2.10. The lowest BCUT2D eigenvalue weighted by Crippen LogP contribution is -2.57. The number of nitrogens with two attached hydrogens (primary N) is 1. The SMILES string of the molecule is CCc1c([N+](=O)[O-])c(C(N)=O)nn1N1CC(C(=O)O)C1. The highest BCUT2D eigenvalue weighted by Crippen LogP contribution is 2.26. The molecule has 1 fully saturated rings. The van der Waals surface area contributed by atoms with Crippen LogP contribution in [-0.4, -0.2) is 44.9 Å². The van der Waals surface area contributed by atoms with Crippen LogP contribution in [0.3, 0.4) is 0 Å². The van der Waals surface area contributed by atoms with E-state index in [1.54, 1.807) is 6.92 Å². The Morgan fingerprint density at radius 2 is 2.15 bits per heavy atom. The minimum atomic E-state index is -0.986. The number of carbonyl (C=O) groups excluding carboxylic acids is 1. The van der Waals surface area contributed by atoms with Crippen LogP contribution < -0.4 is 10.7 Å². The number of nitrogens with zero attached hydrogens (tertiary/aromatic N) is 4. The first-order valence-electron chi connectivity index (χ1n) is 5.90. The Kier molecular flexibility index (Phi) is 3.30. The molecule has 0 aromatic carbocycles. The van der Waals surface area contributed by atoms with Crippen LogP contribution in [0, 0.1) is 16.0 Å². The number of aromatic nitrogens is 2. The number of aliphatic carboxylic acids is 1. The van der Waals surface area contributed by atoms with E-state index >= 15 is 0 Å². The zero-order valence-corrected chi connectivity index (χ0v) is 10.6. The molecule has 0 radical (unpaired) electrons. The van der Waals surface area contributed by atoms with Gasteiger partial charge in [-0.05, 0) is 6.42 Å². The van der Waals surface area contributed by atoms with Gasteiger partial charge in [0.1, 0.15) is 5.69 Å². The molecule has 108 valence electrons. The first-order chi connectivity index (χ1) is 9.36. The van der Waals surface area contributed by atoms with Gasteiger partial charge in [0.15, 0.2) is 0 Å². The van der Waals surface area contributed by atoms with E-state index in [9.17, 15) is 19.7 Å². The average molecular weight is 283 g/mol. The van der Waals surface area contributed by atoms with Gasteiger partial charge in [0.25, 0.3) is 5.91 Å². The Morgan fingerprint density at radius 3 is 2.55 bits per heavy atom. The number of hydrogen-bond donors (Lipinski definition) is 2. The topological polar surface area (TPSA) is 145 Å². The van der Waals surface area contributed by atoms with Gasteiger partial charge in [-0.25, -0.2) is 0 Å². The Morgan fingerprint density at radius 1 is 1.55 bits per heavy atom. The monoisotopic (exact) mass is 283 g/mol. The summed E-state index contributed by atoms with van der Waals surface area (Å²) in [6.45, 7) is 2.04. The molecule has 0 bridgehead atoms. The summed E-state index contributed by atoms with van der Waals surface area (Å²) in [5, 5.41) is 25.3. The van der Waals surface area contributed by atoms with E-state index in [4.69, 9.17) is 10.8 Å². The number of primary amides is 1. The Balaban J connectivity index is 2.40. The Hall–Kier alpha value is -2.65. The highest BCUT2D eigenvalue weighted by molar-refractivity contribution is 5.95. The summed E-state index contributed by atoms with van der Waals surface area (Å²) in [7, 11) is 0. The van der Waals surface area contributed by atoms with E-state index in [1.165, 1.54) is 9.80 Å². The van der Waals surface area contributed by atoms with Crippen LogP contribution in [0.15, 0.2) is 0 Å². The maximum Gasteiger partial charge on any atom is 0.325 e. The van der Waals surface area contributed by atoms with Gasteiger partial charge in [-0.1, -0.05) is 6.92 Å². The molecule has 0 atom stereocenters. The number of carbonyl (C=O) groups is 2. The number of carboxylic acids is 1. The lowest BCUT2D eigenvalue weighted by Gasteiger charge is -2.38. The summed E-state index contributed by atoms with van der Waals surface area (Å²) >= 11 is 0. The largest absolute Gasteiger partial charge is 0.481 e. The lowest BCUT2D eigenvalue weighted by molar-refractivity contribution is -0.385. The van der Waals surface area contributed by atoms with Crippen LogP contribution in [0.5, 0.6) is 0 Å². The van der Waals surface area contributed by atoms with E-state index in [0.717, 1.165) is 0 Å². The molecular formula is C10H13N5O5. The molecule has 1 aliphatic heterocycles. The summed E-state index contributed by atoms with van der Waals surface area (Å²) in [4.78, 5) is 33.6. The molecule has 1 saturated heterocycles. The first kappa shape index (κ1) is 13.8. The molecule has 2 heterocycles. The predicted molar refractivity (Wildman–Crippen MR) is 65.9 cm³/mol. The van der Waals surface area contributed by atoms with Crippen molar-refractivity contribution in [3.05, 3.63) is 21.5 Å². The highest BCUT2D eigenvalue weighted by Gasteiger charge is 2.38. The van der Waals surface area contributed by atoms with Crippen LogP contribution in [0.25, 0.3) is 0 Å². The maximum atomic E-state index is 11.2. The van der Waals surface area contributed by atoms with E-state index < -0.39 is 34.1 Å². The number of hydrogen-bond acceptors (Lipinski definition) is 6. The maximum absolute atomic E-state index is 11.2. The van der Waals surface area contributed by atoms with Crippen molar-refractivity contribution >= 4 is 17.6 Å². The van der Waals surface area contributed by atoms with Crippen LogP contribution in [0.1, 0.15) is 23.1 Å². The van der Waals surface area contributed by atoms with Crippen LogP contribution in [-0.2, 0) is 11.2 Å². The average Bonchev–Trinajstić information content (AvgIpc) is 2.65. The van der Waals surface area contributed by atoms with Crippen molar-refractivity contribution < 1.29 is 19.6 Å². The fourth-order valence-corrected chi connectivity index (χ4v) is 2.10. The summed E-state index contributed by atoms with van der Waals surface area (Å²) in [6, 6.07) is 0. The molecule has 1 amide bonds. The van der Waals surface area contributed by atoms with E-state index in [-0.39, 0.29) is 25.2 Å². The molecule has 1 aromatic heterocycles. The number of carboxylic acid groups (broad SMARTS) is 1. The van der Waals surface area contributed by atoms with Crippen molar-refractivity contribution in [3.63, 3.8) is 0 Å². The van der Waals surface area contributed by atoms with Gasteiger partial charge in [-0.3, -0.25) is 24.7 Å². The molecule has 3 N–H and O–H groups in total. The second-order valence-electron chi connectivity index (χ2n) is 4.42. The number of nitro groups is 1. The molecule has 0 unspecified atom stereocenters. The van der Waals surface area contributed by atoms with Crippen LogP contribution in [0.4, 0.5) is 5.69 Å². The second-order valence-corrected chi connectivity index (χ2v) is 4.42. The highest BCUT2D eigenvalue weighted by atomic mass is 16.6. The minimum absolute atomic E-state index is 0.180. The van der Waals surface area contributed by atoms with Crippen molar-refractivity contribution in [1.82, 2.24) is 9.89 Å². The summed E-state index contributed by atoms with van der Waals surface area (Å²) < 4.78 is 0. The van der Waals surface area contributed by atoms with E-state index in [0.29, 0.717) is 0 Å². The summed E-state index contributed by atoms with van der Waals surface area (Å²) in [5.74, 6) is -2.46. The van der Waals surface area contributed by atoms with Gasteiger partial charge in [0.2, 0.25) is 5.69 Å². The standard InChI is InChI=1S/C10H13N5O5/c1-2-6-8(15(19)20)7(9(11)16)12-14(6)13-3-5(4-13)10(17)18/h5H,2-4H2,1H3,(H2,11,16)(H,17,18). The van der Waals surface area contributed by atoms with Gasteiger partial charge in [-0.2, -0.15) is 4.79 Å². The lowest BCUT2D eigenvalue weighted by atomic mass is 10.0. The fraction of sp³-hybridized carbons (Fsp3) is 0.500. The normalized spacial score (nSPS) is 14.9. The van der Waals surface area contributed by atoms with Crippen molar-refractivity contribution in [2.75, 3.05) is 18.1 Å². The minimum Gasteiger partial charge on any atom is -0.481 e. The third-order valence-electron chi connectivity index (χ3n) is 3.16. The Labute approximate surface area is 112 Å². The third-order valence-corrected chi connectivity index (χ3v) is 3.16. The molecule has 10 heteroatoms.